The van der Waals surface area contributed by atoms with Crippen LogP contribution in [0.3, 0.4) is 0 Å². The lowest BCUT2D eigenvalue weighted by Crippen LogP contribution is -3.00. The van der Waals surface area contributed by atoms with Crippen LogP contribution in [0.2, 0.25) is 0 Å². The highest BCUT2D eigenvalue weighted by Gasteiger charge is 2.26. The maximum absolute atomic E-state index is 2.59. The van der Waals surface area contributed by atoms with Crippen molar-refractivity contribution in [3.63, 3.8) is 0 Å². The topological polar surface area (TPSA) is 3.01 Å². The molecule has 0 spiro atoms. The smallest absolute Gasteiger partial charge is 0.183 e. The van der Waals surface area contributed by atoms with E-state index in [0.29, 0.717) is 0 Å². The van der Waals surface area contributed by atoms with E-state index in [4.69, 9.17) is 0 Å². The number of hydrogen-bond acceptors (Lipinski definition) is 0. The zero-order valence-electron chi connectivity index (χ0n) is 8.88. The second kappa shape index (κ2) is 4.36. The minimum atomic E-state index is 0. The molecule has 0 saturated heterocycles. The fourth-order valence-electron chi connectivity index (χ4n) is 2.72. The highest BCUT2D eigenvalue weighted by molar-refractivity contribution is 5.98. The lowest BCUT2D eigenvalue weighted by molar-refractivity contribution is -0.533. The quantitative estimate of drug-likeness (QED) is 0.507. The van der Waals surface area contributed by atoms with Crippen molar-refractivity contribution >= 4 is 5.71 Å². The highest BCUT2D eigenvalue weighted by Crippen LogP contribution is 2.21. The van der Waals surface area contributed by atoms with Crippen molar-refractivity contribution in [2.24, 2.45) is 0 Å². The SMILES string of the molecule is [Cl-].c1ccc2c(c1)CC[N+]1=C2CCCC1. The first kappa shape index (κ1) is 10.7. The Labute approximate surface area is 97.2 Å². The van der Waals surface area contributed by atoms with Gasteiger partial charge in [0.25, 0.3) is 0 Å². The lowest BCUT2D eigenvalue weighted by atomic mass is 9.92. The summed E-state index contributed by atoms with van der Waals surface area (Å²) in [7, 11) is 0. The Balaban J connectivity index is 0.000000853. The minimum Gasteiger partial charge on any atom is -1.00 e. The number of benzene rings is 1. The van der Waals surface area contributed by atoms with Gasteiger partial charge in [0, 0.05) is 24.8 Å². The summed E-state index contributed by atoms with van der Waals surface area (Å²) in [6, 6.07) is 8.91. The van der Waals surface area contributed by atoms with Gasteiger partial charge in [0.1, 0.15) is 13.1 Å². The van der Waals surface area contributed by atoms with Crippen molar-refractivity contribution in [1.82, 2.24) is 0 Å². The molecule has 1 aromatic carbocycles. The molecule has 0 unspecified atom stereocenters. The Kier molecular flexibility index (Phi) is 3.11. The molecular weight excluding hydrogens is 206 g/mol. The van der Waals surface area contributed by atoms with Gasteiger partial charge in [-0.2, -0.15) is 0 Å². The van der Waals surface area contributed by atoms with Crippen LogP contribution in [-0.4, -0.2) is 23.4 Å². The van der Waals surface area contributed by atoms with Crippen LogP contribution in [0, 0.1) is 0 Å². The Bertz CT molecular complexity index is 395. The monoisotopic (exact) mass is 221 g/mol. The predicted molar refractivity (Wildman–Crippen MR) is 58.1 cm³/mol. The molecule has 0 N–H and O–H groups in total. The van der Waals surface area contributed by atoms with Crippen LogP contribution >= 0.6 is 0 Å². The van der Waals surface area contributed by atoms with Crippen molar-refractivity contribution in [2.75, 3.05) is 13.1 Å². The molecule has 2 heterocycles. The van der Waals surface area contributed by atoms with Gasteiger partial charge in [0.05, 0.1) is 0 Å². The highest BCUT2D eigenvalue weighted by atomic mass is 35.5. The van der Waals surface area contributed by atoms with E-state index in [9.17, 15) is 0 Å². The third-order valence-electron chi connectivity index (χ3n) is 3.45. The van der Waals surface area contributed by atoms with Gasteiger partial charge in [-0.1, -0.05) is 18.2 Å². The molecule has 0 saturated carbocycles. The molecule has 15 heavy (non-hydrogen) atoms. The van der Waals surface area contributed by atoms with Gasteiger partial charge >= 0.3 is 0 Å². The van der Waals surface area contributed by atoms with Crippen LogP contribution in [0.4, 0.5) is 0 Å². The van der Waals surface area contributed by atoms with Gasteiger partial charge in [0.15, 0.2) is 5.71 Å². The molecule has 0 fully saturated rings. The maximum atomic E-state index is 2.59. The van der Waals surface area contributed by atoms with Crippen molar-refractivity contribution in [3.05, 3.63) is 35.4 Å². The molecule has 0 atom stereocenters. The van der Waals surface area contributed by atoms with Crippen LogP contribution in [0.25, 0.3) is 0 Å². The fraction of sp³-hybridized carbons (Fsp3) is 0.462. The molecule has 0 aliphatic carbocycles. The van der Waals surface area contributed by atoms with E-state index in [2.05, 4.69) is 28.8 Å². The van der Waals surface area contributed by atoms with Crippen LogP contribution in [0.5, 0.6) is 0 Å². The van der Waals surface area contributed by atoms with Crippen LogP contribution in [0.15, 0.2) is 24.3 Å². The van der Waals surface area contributed by atoms with Crippen molar-refractivity contribution in [3.8, 4) is 0 Å². The van der Waals surface area contributed by atoms with E-state index in [1.54, 1.807) is 11.3 Å². The number of fused-ring (bicyclic) bond motifs is 2. The van der Waals surface area contributed by atoms with E-state index >= 15 is 0 Å². The van der Waals surface area contributed by atoms with E-state index < -0.39 is 0 Å². The van der Waals surface area contributed by atoms with Crippen LogP contribution < -0.4 is 12.4 Å². The molecule has 2 heteroatoms. The maximum Gasteiger partial charge on any atom is 0.183 e. The Morgan fingerprint density at radius 3 is 2.73 bits per heavy atom. The average molecular weight is 222 g/mol. The zero-order valence-corrected chi connectivity index (χ0v) is 9.63. The van der Waals surface area contributed by atoms with Crippen LogP contribution in [0.1, 0.15) is 30.4 Å². The molecule has 2 aliphatic heterocycles. The summed E-state index contributed by atoms with van der Waals surface area (Å²) in [6.45, 7) is 2.52. The summed E-state index contributed by atoms with van der Waals surface area (Å²) in [5, 5.41) is 0. The second-order valence-corrected chi connectivity index (χ2v) is 4.30. The molecule has 1 nitrogen and oxygen atoms in total. The Hall–Kier alpha value is -0.820. The first-order valence-electron chi connectivity index (χ1n) is 5.64. The Morgan fingerprint density at radius 1 is 0.933 bits per heavy atom. The molecule has 3 rings (SSSR count). The molecule has 2 aliphatic rings. The minimum absolute atomic E-state index is 0. The van der Waals surface area contributed by atoms with Gasteiger partial charge in [-0.3, -0.25) is 0 Å². The number of hydrogen-bond donors (Lipinski definition) is 0. The largest absolute Gasteiger partial charge is 1.00 e. The van der Waals surface area contributed by atoms with Crippen molar-refractivity contribution in [2.45, 2.75) is 25.7 Å². The van der Waals surface area contributed by atoms with Gasteiger partial charge in [0.2, 0.25) is 0 Å². The number of rotatable bonds is 0. The van der Waals surface area contributed by atoms with Gasteiger partial charge in [-0.15, -0.1) is 0 Å². The standard InChI is InChI=1S/C13H16N.ClH/c1-2-6-12-11(5-1)8-10-14-9-4-3-7-13(12)14;/h1-2,5-6H,3-4,7-10H2;1H/q+1;/p-1. The van der Waals surface area contributed by atoms with Crippen LogP contribution in [-0.2, 0) is 6.42 Å². The Morgan fingerprint density at radius 2 is 1.80 bits per heavy atom. The molecule has 0 bridgehead atoms. The molecule has 80 valence electrons. The second-order valence-electron chi connectivity index (χ2n) is 4.30. The summed E-state index contributed by atoms with van der Waals surface area (Å²) in [5.41, 5.74) is 4.69. The molecule has 0 radical (unpaired) electrons. The van der Waals surface area contributed by atoms with Gasteiger partial charge in [-0.25, -0.2) is 4.58 Å². The summed E-state index contributed by atoms with van der Waals surface area (Å²) < 4.78 is 2.59. The van der Waals surface area contributed by atoms with E-state index in [1.165, 1.54) is 44.3 Å². The zero-order chi connectivity index (χ0) is 9.38. The van der Waals surface area contributed by atoms with Gasteiger partial charge < -0.3 is 12.4 Å². The van der Waals surface area contributed by atoms with E-state index in [1.807, 2.05) is 0 Å². The van der Waals surface area contributed by atoms with E-state index in [0.717, 1.165) is 0 Å². The van der Waals surface area contributed by atoms with Crippen molar-refractivity contribution < 1.29 is 17.0 Å². The first-order valence-corrected chi connectivity index (χ1v) is 5.64. The summed E-state index contributed by atoms with van der Waals surface area (Å²) >= 11 is 0. The molecule has 0 aromatic heterocycles. The number of nitrogens with zero attached hydrogens (tertiary/aromatic N) is 1. The third-order valence-corrected chi connectivity index (χ3v) is 3.45. The summed E-state index contributed by atoms with van der Waals surface area (Å²) in [5.74, 6) is 0. The summed E-state index contributed by atoms with van der Waals surface area (Å²) in [6.07, 6.45) is 5.28. The van der Waals surface area contributed by atoms with E-state index in [-0.39, 0.29) is 12.4 Å². The normalized spacial score (nSPS) is 18.9. The molecular formula is C13H16ClN. The molecule has 0 amide bonds. The lowest BCUT2D eigenvalue weighted by Gasteiger charge is -2.21. The summed E-state index contributed by atoms with van der Waals surface area (Å²) in [4.78, 5) is 0. The predicted octanol–water partition coefficient (Wildman–Crippen LogP) is -0.768. The first-order chi connectivity index (χ1) is 6.95. The average Bonchev–Trinajstić information content (AvgIpc) is 2.29. The van der Waals surface area contributed by atoms with Gasteiger partial charge in [-0.05, 0) is 18.1 Å². The van der Waals surface area contributed by atoms with Crippen molar-refractivity contribution in [1.29, 1.82) is 0 Å². The third kappa shape index (κ3) is 1.81. The fourth-order valence-corrected chi connectivity index (χ4v) is 2.72. The molecule has 1 aromatic rings. The number of halogens is 1.